The van der Waals surface area contributed by atoms with Crippen molar-refractivity contribution >= 4 is 5.91 Å². The van der Waals surface area contributed by atoms with Gasteiger partial charge < -0.3 is 9.80 Å². The largest absolute Gasteiger partial charge is 0.337 e. The molecule has 0 saturated carbocycles. The molecule has 1 fully saturated rings. The van der Waals surface area contributed by atoms with Crippen molar-refractivity contribution in [3.05, 3.63) is 71.3 Å². The van der Waals surface area contributed by atoms with Crippen LogP contribution in [0.15, 0.2) is 54.6 Å². The molecule has 1 saturated heterocycles. The van der Waals surface area contributed by atoms with E-state index in [0.717, 1.165) is 38.2 Å². The fraction of sp³-hybridized carbons (Fsp3) is 0.435. The molecule has 0 aromatic heterocycles. The summed E-state index contributed by atoms with van der Waals surface area (Å²) in [5, 5.41) is 0. The molecule has 2 atom stereocenters. The number of hydrogen-bond acceptors (Lipinski definition) is 2. The van der Waals surface area contributed by atoms with E-state index < -0.39 is 0 Å². The number of hydrogen-bond donors (Lipinski definition) is 0. The van der Waals surface area contributed by atoms with Gasteiger partial charge in [-0.2, -0.15) is 0 Å². The molecule has 0 N–H and O–H groups in total. The van der Waals surface area contributed by atoms with E-state index in [4.69, 9.17) is 0 Å². The van der Waals surface area contributed by atoms with Gasteiger partial charge in [0.05, 0.1) is 5.92 Å². The lowest BCUT2D eigenvalue weighted by Crippen LogP contribution is -2.43. The third kappa shape index (κ3) is 3.28. The first kappa shape index (κ1) is 17.3. The topological polar surface area (TPSA) is 23.6 Å². The number of likely N-dealkylation sites (tertiary alicyclic amines) is 1. The molecule has 136 valence electrons. The van der Waals surface area contributed by atoms with Gasteiger partial charge in [-0.15, -0.1) is 0 Å². The minimum Gasteiger partial charge on any atom is -0.337 e. The minimum atomic E-state index is -0.0994. The smallest absolute Gasteiger partial charge is 0.230 e. The number of carbonyl (C=O) groups is 1. The molecule has 0 bridgehead atoms. The Bertz CT molecular complexity index is 788. The van der Waals surface area contributed by atoms with Crippen molar-refractivity contribution in [1.82, 2.24) is 9.80 Å². The highest BCUT2D eigenvalue weighted by Gasteiger charge is 2.42. The third-order valence-electron chi connectivity index (χ3n) is 6.18. The minimum absolute atomic E-state index is 0.0994. The predicted octanol–water partition coefficient (Wildman–Crippen LogP) is 3.70. The van der Waals surface area contributed by atoms with Gasteiger partial charge in [0.1, 0.15) is 0 Å². The molecule has 3 heteroatoms. The Hall–Kier alpha value is -2.13. The van der Waals surface area contributed by atoms with Gasteiger partial charge in [-0.05, 0) is 50.0 Å². The van der Waals surface area contributed by atoms with Crippen LogP contribution in [0.5, 0.6) is 0 Å². The monoisotopic (exact) mass is 348 g/mol. The summed E-state index contributed by atoms with van der Waals surface area (Å²) in [6.45, 7) is 5.84. The molecule has 2 heterocycles. The fourth-order valence-electron chi connectivity index (χ4n) is 4.76. The maximum Gasteiger partial charge on any atom is 0.230 e. The zero-order valence-corrected chi connectivity index (χ0v) is 15.8. The van der Waals surface area contributed by atoms with Gasteiger partial charge in [-0.3, -0.25) is 4.79 Å². The lowest BCUT2D eigenvalue weighted by Gasteiger charge is -2.34. The van der Waals surface area contributed by atoms with Gasteiger partial charge in [0.25, 0.3) is 0 Å². The highest BCUT2D eigenvalue weighted by Crippen LogP contribution is 2.39. The molecular formula is C23H28N2O. The molecular weight excluding hydrogens is 320 g/mol. The van der Waals surface area contributed by atoms with Crippen LogP contribution in [-0.4, -0.2) is 42.4 Å². The summed E-state index contributed by atoms with van der Waals surface area (Å²) in [5.41, 5.74) is 4.03. The lowest BCUT2D eigenvalue weighted by molar-refractivity contribution is -0.134. The summed E-state index contributed by atoms with van der Waals surface area (Å²) in [4.78, 5) is 17.9. The SMILES string of the molecule is C[C@H](C(=O)N1Cc2ccccc2CC2(CCN(C)C2)C1)c1ccccc1. The van der Waals surface area contributed by atoms with E-state index in [-0.39, 0.29) is 17.2 Å². The van der Waals surface area contributed by atoms with Crippen molar-refractivity contribution < 1.29 is 4.79 Å². The van der Waals surface area contributed by atoms with E-state index in [1.807, 2.05) is 25.1 Å². The summed E-state index contributed by atoms with van der Waals surface area (Å²) in [7, 11) is 2.20. The molecule has 26 heavy (non-hydrogen) atoms. The number of carbonyl (C=O) groups excluding carboxylic acids is 1. The van der Waals surface area contributed by atoms with Gasteiger partial charge in [-0.25, -0.2) is 0 Å². The third-order valence-corrected chi connectivity index (χ3v) is 6.18. The van der Waals surface area contributed by atoms with E-state index >= 15 is 0 Å². The zero-order valence-electron chi connectivity index (χ0n) is 15.8. The van der Waals surface area contributed by atoms with E-state index in [1.54, 1.807) is 0 Å². The average Bonchev–Trinajstić information content (AvgIpc) is 2.93. The van der Waals surface area contributed by atoms with Crippen LogP contribution in [0, 0.1) is 5.41 Å². The van der Waals surface area contributed by atoms with E-state index in [1.165, 1.54) is 17.5 Å². The standard InChI is InChI=1S/C23H28N2O/c1-18(19-8-4-3-5-9-19)22(26)25-15-21-11-7-6-10-20(21)14-23(17-25)12-13-24(2)16-23/h3-11,18H,12-17H2,1-2H3/t18-,23?/m0/s1. The number of amides is 1. The normalized spacial score (nSPS) is 24.3. The van der Waals surface area contributed by atoms with Crippen LogP contribution < -0.4 is 0 Å². The van der Waals surface area contributed by atoms with Crippen LogP contribution in [0.1, 0.15) is 36.0 Å². The van der Waals surface area contributed by atoms with Crippen molar-refractivity contribution in [2.45, 2.75) is 32.2 Å². The molecule has 0 radical (unpaired) electrons. The molecule has 1 spiro atoms. The Labute approximate surface area is 156 Å². The second-order valence-corrected chi connectivity index (χ2v) is 8.26. The van der Waals surface area contributed by atoms with Crippen LogP contribution in [-0.2, 0) is 17.8 Å². The fourth-order valence-corrected chi connectivity index (χ4v) is 4.76. The molecule has 1 amide bonds. The van der Waals surface area contributed by atoms with Crippen molar-refractivity contribution in [2.24, 2.45) is 5.41 Å². The first-order valence-corrected chi connectivity index (χ1v) is 9.65. The summed E-state index contributed by atoms with van der Waals surface area (Å²) in [6, 6.07) is 18.8. The number of fused-ring (bicyclic) bond motifs is 1. The second kappa shape index (κ2) is 6.88. The Balaban J connectivity index is 1.66. The molecule has 2 aliphatic heterocycles. The highest BCUT2D eigenvalue weighted by atomic mass is 16.2. The van der Waals surface area contributed by atoms with Gasteiger partial charge in [-0.1, -0.05) is 54.6 Å². The number of rotatable bonds is 2. The van der Waals surface area contributed by atoms with Crippen molar-refractivity contribution in [1.29, 1.82) is 0 Å². The quantitative estimate of drug-likeness (QED) is 0.826. The number of nitrogens with zero attached hydrogens (tertiary/aromatic N) is 2. The maximum atomic E-state index is 13.4. The maximum absolute atomic E-state index is 13.4. The van der Waals surface area contributed by atoms with Crippen LogP contribution in [0.25, 0.3) is 0 Å². The van der Waals surface area contributed by atoms with Crippen LogP contribution >= 0.6 is 0 Å². The Morgan fingerprint density at radius 1 is 1.00 bits per heavy atom. The first-order chi connectivity index (χ1) is 12.6. The summed E-state index contributed by atoms with van der Waals surface area (Å²) in [6.07, 6.45) is 2.25. The van der Waals surface area contributed by atoms with E-state index in [0.29, 0.717) is 0 Å². The van der Waals surface area contributed by atoms with Gasteiger partial charge in [0.2, 0.25) is 5.91 Å². The summed E-state index contributed by atoms with van der Waals surface area (Å²) >= 11 is 0. The molecule has 2 aromatic carbocycles. The Morgan fingerprint density at radius 3 is 2.38 bits per heavy atom. The molecule has 3 nitrogen and oxygen atoms in total. The predicted molar refractivity (Wildman–Crippen MR) is 105 cm³/mol. The molecule has 1 unspecified atom stereocenters. The number of benzene rings is 2. The molecule has 2 aliphatic rings. The van der Waals surface area contributed by atoms with Gasteiger partial charge in [0.15, 0.2) is 0 Å². The molecule has 4 rings (SSSR count). The molecule has 2 aromatic rings. The second-order valence-electron chi connectivity index (χ2n) is 8.26. The molecule has 0 aliphatic carbocycles. The van der Waals surface area contributed by atoms with Crippen LogP contribution in [0.4, 0.5) is 0 Å². The Kier molecular flexibility index (Phi) is 4.58. The highest BCUT2D eigenvalue weighted by molar-refractivity contribution is 5.83. The summed E-state index contributed by atoms with van der Waals surface area (Å²) < 4.78 is 0. The van der Waals surface area contributed by atoms with Gasteiger partial charge >= 0.3 is 0 Å². The lowest BCUT2D eigenvalue weighted by atomic mass is 9.80. The van der Waals surface area contributed by atoms with E-state index in [2.05, 4.69) is 53.2 Å². The van der Waals surface area contributed by atoms with Crippen LogP contribution in [0.2, 0.25) is 0 Å². The zero-order chi connectivity index (χ0) is 18.1. The van der Waals surface area contributed by atoms with Gasteiger partial charge in [0, 0.05) is 25.0 Å². The average molecular weight is 348 g/mol. The van der Waals surface area contributed by atoms with Crippen molar-refractivity contribution in [2.75, 3.05) is 26.7 Å². The summed E-state index contributed by atoms with van der Waals surface area (Å²) in [5.74, 6) is 0.152. The van der Waals surface area contributed by atoms with Crippen LogP contribution in [0.3, 0.4) is 0 Å². The van der Waals surface area contributed by atoms with Crippen molar-refractivity contribution in [3.8, 4) is 0 Å². The Morgan fingerprint density at radius 2 is 1.69 bits per heavy atom. The van der Waals surface area contributed by atoms with Crippen molar-refractivity contribution in [3.63, 3.8) is 0 Å². The first-order valence-electron chi connectivity index (χ1n) is 9.65. The van der Waals surface area contributed by atoms with E-state index in [9.17, 15) is 4.79 Å².